The second kappa shape index (κ2) is 6.78. The van der Waals surface area contributed by atoms with E-state index in [2.05, 4.69) is 43.3 Å². The average Bonchev–Trinajstić information content (AvgIpc) is 2.48. The van der Waals surface area contributed by atoms with Gasteiger partial charge in [0.1, 0.15) is 0 Å². The van der Waals surface area contributed by atoms with Gasteiger partial charge in [-0.25, -0.2) is 0 Å². The van der Waals surface area contributed by atoms with Crippen molar-refractivity contribution in [2.45, 2.75) is 38.0 Å². The fourth-order valence-corrected chi connectivity index (χ4v) is 3.06. The number of esters is 1. The van der Waals surface area contributed by atoms with Crippen LogP contribution in [-0.4, -0.2) is 27.2 Å². The Bertz CT molecular complexity index is 431. The zero-order chi connectivity index (χ0) is 14.5. The van der Waals surface area contributed by atoms with Crippen LogP contribution in [0.4, 0.5) is 5.69 Å². The van der Waals surface area contributed by atoms with E-state index < -0.39 is 0 Å². The first-order valence-corrected chi connectivity index (χ1v) is 7.44. The zero-order valence-electron chi connectivity index (χ0n) is 12.8. The molecule has 1 saturated carbocycles. The van der Waals surface area contributed by atoms with E-state index in [1.54, 1.807) is 0 Å². The number of carbonyl (C=O) groups excluding carboxylic acids is 1. The van der Waals surface area contributed by atoms with Gasteiger partial charge in [-0.1, -0.05) is 12.1 Å². The topological polar surface area (TPSA) is 29.5 Å². The van der Waals surface area contributed by atoms with Crippen LogP contribution in [0.15, 0.2) is 24.3 Å². The van der Waals surface area contributed by atoms with Gasteiger partial charge in [-0.05, 0) is 55.2 Å². The minimum atomic E-state index is -0.0659. The molecule has 0 unspecified atom stereocenters. The zero-order valence-corrected chi connectivity index (χ0v) is 12.8. The summed E-state index contributed by atoms with van der Waals surface area (Å²) in [5, 5.41) is 0. The third-order valence-corrected chi connectivity index (χ3v) is 4.41. The smallest absolute Gasteiger partial charge is 0.305 e. The number of ether oxygens (including phenoxy) is 1. The Labute approximate surface area is 121 Å². The number of anilines is 1. The molecular formula is C17H25NO2. The standard InChI is InChI=1S/C17H25NO2/c1-18(2)16-10-8-15(9-11-16)14-6-4-13(5-7-14)12-17(19)20-3/h8-11,13-14H,4-7,12H2,1-3H3. The van der Waals surface area contributed by atoms with Crippen LogP contribution >= 0.6 is 0 Å². The highest BCUT2D eigenvalue weighted by Crippen LogP contribution is 2.37. The molecule has 20 heavy (non-hydrogen) atoms. The first-order valence-electron chi connectivity index (χ1n) is 7.44. The lowest BCUT2D eigenvalue weighted by atomic mass is 9.77. The van der Waals surface area contributed by atoms with Gasteiger partial charge in [0.2, 0.25) is 0 Å². The van der Waals surface area contributed by atoms with Crippen molar-refractivity contribution in [3.8, 4) is 0 Å². The number of hydrogen-bond acceptors (Lipinski definition) is 3. The maximum Gasteiger partial charge on any atom is 0.305 e. The molecule has 0 saturated heterocycles. The Balaban J connectivity index is 1.88. The van der Waals surface area contributed by atoms with Gasteiger partial charge in [0.15, 0.2) is 0 Å². The molecule has 0 heterocycles. The molecule has 0 N–H and O–H groups in total. The van der Waals surface area contributed by atoms with Crippen molar-refractivity contribution >= 4 is 11.7 Å². The van der Waals surface area contributed by atoms with Crippen LogP contribution in [-0.2, 0) is 9.53 Å². The molecule has 1 aliphatic rings. The van der Waals surface area contributed by atoms with Crippen molar-refractivity contribution < 1.29 is 9.53 Å². The molecule has 3 nitrogen and oxygen atoms in total. The van der Waals surface area contributed by atoms with Crippen molar-refractivity contribution in [2.75, 3.05) is 26.1 Å². The van der Waals surface area contributed by atoms with E-state index in [0.29, 0.717) is 18.3 Å². The summed E-state index contributed by atoms with van der Waals surface area (Å²) in [6.07, 6.45) is 5.22. The predicted molar refractivity (Wildman–Crippen MR) is 82.1 cm³/mol. The van der Waals surface area contributed by atoms with Crippen molar-refractivity contribution in [2.24, 2.45) is 5.92 Å². The van der Waals surface area contributed by atoms with E-state index in [1.807, 2.05) is 0 Å². The molecule has 0 amide bonds. The van der Waals surface area contributed by atoms with Gasteiger partial charge in [-0.15, -0.1) is 0 Å². The summed E-state index contributed by atoms with van der Waals surface area (Å²) in [6.45, 7) is 0. The summed E-state index contributed by atoms with van der Waals surface area (Å²) >= 11 is 0. The fraction of sp³-hybridized carbons (Fsp3) is 0.588. The first kappa shape index (κ1) is 14.9. The second-order valence-corrected chi connectivity index (χ2v) is 5.98. The minimum absolute atomic E-state index is 0.0659. The van der Waals surface area contributed by atoms with Gasteiger partial charge < -0.3 is 9.64 Å². The molecule has 110 valence electrons. The fourth-order valence-electron chi connectivity index (χ4n) is 3.06. The largest absolute Gasteiger partial charge is 0.469 e. The number of rotatable bonds is 4. The summed E-state index contributed by atoms with van der Waals surface area (Å²) in [4.78, 5) is 13.4. The van der Waals surface area contributed by atoms with Crippen LogP contribution in [0.1, 0.15) is 43.6 Å². The Morgan fingerprint density at radius 2 is 1.75 bits per heavy atom. The Morgan fingerprint density at radius 1 is 1.15 bits per heavy atom. The number of nitrogens with zero attached hydrogens (tertiary/aromatic N) is 1. The normalized spacial score (nSPS) is 22.4. The minimum Gasteiger partial charge on any atom is -0.469 e. The molecule has 0 spiro atoms. The molecule has 0 bridgehead atoms. The van der Waals surface area contributed by atoms with Gasteiger partial charge in [-0.3, -0.25) is 4.79 Å². The highest BCUT2D eigenvalue weighted by atomic mass is 16.5. The van der Waals surface area contributed by atoms with Crippen LogP contribution < -0.4 is 4.90 Å². The molecule has 0 aromatic heterocycles. The van der Waals surface area contributed by atoms with E-state index >= 15 is 0 Å². The lowest BCUT2D eigenvalue weighted by Crippen LogP contribution is -2.17. The van der Waals surface area contributed by atoms with Crippen LogP contribution in [0.2, 0.25) is 0 Å². The molecule has 1 fully saturated rings. The molecule has 1 aliphatic carbocycles. The van der Waals surface area contributed by atoms with Gasteiger partial charge in [0.25, 0.3) is 0 Å². The number of benzene rings is 1. The Morgan fingerprint density at radius 3 is 2.25 bits per heavy atom. The van der Waals surface area contributed by atoms with Gasteiger partial charge in [-0.2, -0.15) is 0 Å². The molecule has 1 aromatic carbocycles. The highest BCUT2D eigenvalue weighted by molar-refractivity contribution is 5.69. The van der Waals surface area contributed by atoms with E-state index in [9.17, 15) is 4.79 Å². The van der Waals surface area contributed by atoms with Gasteiger partial charge in [0, 0.05) is 26.2 Å². The van der Waals surface area contributed by atoms with Crippen LogP contribution in [0.5, 0.6) is 0 Å². The molecule has 3 heteroatoms. The van der Waals surface area contributed by atoms with E-state index in [1.165, 1.54) is 31.2 Å². The molecule has 2 rings (SSSR count). The number of methoxy groups -OCH3 is 1. The molecule has 0 aliphatic heterocycles. The summed E-state index contributed by atoms with van der Waals surface area (Å²) in [7, 11) is 5.60. The predicted octanol–water partition coefficient (Wildman–Crippen LogP) is 3.59. The van der Waals surface area contributed by atoms with Crippen molar-refractivity contribution in [3.63, 3.8) is 0 Å². The van der Waals surface area contributed by atoms with Gasteiger partial charge >= 0.3 is 5.97 Å². The second-order valence-electron chi connectivity index (χ2n) is 5.98. The average molecular weight is 275 g/mol. The summed E-state index contributed by atoms with van der Waals surface area (Å²) in [5.74, 6) is 1.10. The quantitative estimate of drug-likeness (QED) is 0.786. The third kappa shape index (κ3) is 3.75. The van der Waals surface area contributed by atoms with Crippen molar-refractivity contribution in [3.05, 3.63) is 29.8 Å². The summed E-state index contributed by atoms with van der Waals surface area (Å²) < 4.78 is 4.76. The lowest BCUT2D eigenvalue weighted by molar-refractivity contribution is -0.142. The molecule has 0 atom stereocenters. The summed E-state index contributed by atoms with van der Waals surface area (Å²) in [5.41, 5.74) is 2.68. The van der Waals surface area contributed by atoms with Crippen LogP contribution in [0, 0.1) is 5.92 Å². The SMILES string of the molecule is COC(=O)CC1CCC(c2ccc(N(C)C)cc2)CC1. The van der Waals surface area contributed by atoms with Crippen molar-refractivity contribution in [1.29, 1.82) is 0 Å². The molecule has 1 aromatic rings. The van der Waals surface area contributed by atoms with E-state index in [-0.39, 0.29) is 5.97 Å². The van der Waals surface area contributed by atoms with Crippen LogP contribution in [0.25, 0.3) is 0 Å². The third-order valence-electron chi connectivity index (χ3n) is 4.41. The first-order chi connectivity index (χ1) is 9.60. The van der Waals surface area contributed by atoms with E-state index in [4.69, 9.17) is 4.74 Å². The monoisotopic (exact) mass is 275 g/mol. The summed E-state index contributed by atoms with van der Waals surface area (Å²) in [6, 6.07) is 8.88. The Hall–Kier alpha value is -1.51. The maximum atomic E-state index is 11.3. The maximum absolute atomic E-state index is 11.3. The van der Waals surface area contributed by atoms with Gasteiger partial charge in [0.05, 0.1) is 7.11 Å². The lowest BCUT2D eigenvalue weighted by Gasteiger charge is -2.28. The number of hydrogen-bond donors (Lipinski definition) is 0. The van der Waals surface area contributed by atoms with Crippen LogP contribution in [0.3, 0.4) is 0 Å². The van der Waals surface area contributed by atoms with E-state index in [0.717, 1.165) is 12.8 Å². The molecular weight excluding hydrogens is 250 g/mol. The highest BCUT2D eigenvalue weighted by Gasteiger charge is 2.24. The molecule has 0 radical (unpaired) electrons. The number of carbonyl (C=O) groups is 1. The van der Waals surface area contributed by atoms with Crippen molar-refractivity contribution in [1.82, 2.24) is 0 Å². The Kier molecular flexibility index (Phi) is 5.05.